The molecule has 0 saturated heterocycles. The van der Waals surface area contributed by atoms with Crippen LogP contribution in [0.15, 0.2) is 0 Å². The second-order valence-corrected chi connectivity index (χ2v) is 4.28. The van der Waals surface area contributed by atoms with E-state index in [0.29, 0.717) is 17.8 Å². The zero-order valence-corrected chi connectivity index (χ0v) is 8.36. The molecule has 1 aromatic rings. The van der Waals surface area contributed by atoms with Gasteiger partial charge in [0.2, 0.25) is 0 Å². The van der Waals surface area contributed by atoms with Crippen LogP contribution in [0, 0.1) is 11.8 Å². The van der Waals surface area contributed by atoms with Crippen LogP contribution in [0.1, 0.15) is 27.7 Å². The van der Waals surface area contributed by atoms with Crippen LogP contribution in [0.25, 0.3) is 0 Å². The lowest BCUT2D eigenvalue weighted by Gasteiger charge is -2.01. The molecule has 2 aliphatic carbocycles. The van der Waals surface area contributed by atoms with Gasteiger partial charge in [-0.25, -0.2) is 4.79 Å². The van der Waals surface area contributed by atoms with E-state index in [4.69, 9.17) is 9.84 Å². The minimum absolute atomic E-state index is 0.202. The third-order valence-electron chi connectivity index (χ3n) is 3.57. The van der Waals surface area contributed by atoms with Gasteiger partial charge in [0, 0.05) is 30.9 Å². The molecule has 1 heterocycles. The topological polar surface area (TPSA) is 75.2 Å². The summed E-state index contributed by atoms with van der Waals surface area (Å²) in [6, 6.07) is 0. The van der Waals surface area contributed by atoms with Gasteiger partial charge in [0.05, 0.1) is 0 Å². The minimum atomic E-state index is -0.933. The van der Waals surface area contributed by atoms with E-state index in [1.807, 2.05) is 0 Å². The van der Waals surface area contributed by atoms with Crippen LogP contribution >= 0.6 is 0 Å². The van der Waals surface area contributed by atoms with Crippen molar-refractivity contribution in [3.8, 4) is 0 Å². The summed E-state index contributed by atoms with van der Waals surface area (Å²) in [5.41, 5.74) is 2.14. The molecule has 1 fully saturated rings. The molecular formula is C10H12N2O3. The first-order valence-corrected chi connectivity index (χ1v) is 5.03. The van der Waals surface area contributed by atoms with Gasteiger partial charge >= 0.3 is 5.97 Å². The summed E-state index contributed by atoms with van der Waals surface area (Å²) in [5, 5.41) is 15.6. The first-order valence-electron chi connectivity index (χ1n) is 5.03. The molecule has 80 valence electrons. The van der Waals surface area contributed by atoms with E-state index < -0.39 is 5.97 Å². The molecule has 2 aliphatic rings. The minimum Gasteiger partial charge on any atom is -0.476 e. The predicted molar refractivity (Wildman–Crippen MR) is 50.8 cm³/mol. The van der Waals surface area contributed by atoms with Crippen molar-refractivity contribution in [1.82, 2.24) is 10.2 Å². The van der Waals surface area contributed by atoms with Gasteiger partial charge in [0.25, 0.3) is 0 Å². The van der Waals surface area contributed by atoms with E-state index in [0.717, 1.165) is 24.3 Å². The number of carbonyl (C=O) groups is 1. The van der Waals surface area contributed by atoms with Gasteiger partial charge in [-0.1, -0.05) is 0 Å². The molecule has 0 radical (unpaired) electrons. The lowest BCUT2D eigenvalue weighted by molar-refractivity contribution is 0.0689. The summed E-state index contributed by atoms with van der Waals surface area (Å²) in [7, 11) is 1.70. The highest BCUT2D eigenvalue weighted by molar-refractivity contribution is 5.87. The quantitative estimate of drug-likeness (QED) is 0.764. The Balaban J connectivity index is 1.88. The molecule has 1 saturated carbocycles. The molecule has 0 aromatic carbocycles. The largest absolute Gasteiger partial charge is 0.476 e. The highest BCUT2D eigenvalue weighted by Gasteiger charge is 2.57. The van der Waals surface area contributed by atoms with Crippen molar-refractivity contribution >= 4 is 5.97 Å². The van der Waals surface area contributed by atoms with Crippen LogP contribution in [0.2, 0.25) is 0 Å². The second kappa shape index (κ2) is 2.82. The smallest absolute Gasteiger partial charge is 0.356 e. The molecule has 3 rings (SSSR count). The third kappa shape index (κ3) is 1.07. The highest BCUT2D eigenvalue weighted by atomic mass is 16.5. The van der Waals surface area contributed by atoms with Crippen molar-refractivity contribution in [1.29, 1.82) is 0 Å². The molecule has 0 unspecified atom stereocenters. The van der Waals surface area contributed by atoms with Gasteiger partial charge in [-0.15, -0.1) is 0 Å². The SMILES string of the molecule is COC[C@H]1[C@H]2Cc3c(C(=O)O)n[nH]c3[C@H]21. The average molecular weight is 208 g/mol. The molecule has 0 amide bonds. The molecule has 15 heavy (non-hydrogen) atoms. The number of nitrogens with one attached hydrogen (secondary N) is 1. The fraction of sp³-hybridized carbons (Fsp3) is 0.600. The normalized spacial score (nSPS) is 31.1. The van der Waals surface area contributed by atoms with Crippen LogP contribution in [0.5, 0.6) is 0 Å². The summed E-state index contributed by atoms with van der Waals surface area (Å²) in [6.07, 6.45) is 0.839. The maximum atomic E-state index is 10.8. The third-order valence-corrected chi connectivity index (χ3v) is 3.57. The number of carboxylic acids is 1. The maximum absolute atomic E-state index is 10.8. The van der Waals surface area contributed by atoms with E-state index in [1.54, 1.807) is 7.11 Å². The summed E-state index contributed by atoms with van der Waals surface area (Å²) >= 11 is 0. The second-order valence-electron chi connectivity index (χ2n) is 4.28. The average Bonchev–Trinajstić information content (AvgIpc) is 2.60. The number of aromatic nitrogens is 2. The maximum Gasteiger partial charge on any atom is 0.356 e. The molecule has 0 bridgehead atoms. The van der Waals surface area contributed by atoms with Crippen LogP contribution in [-0.2, 0) is 11.2 Å². The van der Waals surface area contributed by atoms with Crippen LogP contribution in [0.3, 0.4) is 0 Å². The number of nitrogens with zero attached hydrogens (tertiary/aromatic N) is 1. The van der Waals surface area contributed by atoms with Gasteiger partial charge < -0.3 is 9.84 Å². The van der Waals surface area contributed by atoms with E-state index in [2.05, 4.69) is 10.2 Å². The fourth-order valence-electron chi connectivity index (χ4n) is 2.84. The number of aromatic carboxylic acids is 1. The number of rotatable bonds is 3. The molecule has 0 aliphatic heterocycles. The lowest BCUT2D eigenvalue weighted by atomic mass is 10.1. The van der Waals surface area contributed by atoms with Crippen LogP contribution in [-0.4, -0.2) is 35.0 Å². The number of hydrogen-bond donors (Lipinski definition) is 2. The van der Waals surface area contributed by atoms with Crippen molar-refractivity contribution in [3.63, 3.8) is 0 Å². The summed E-state index contributed by atoms with van der Waals surface area (Å²) in [6.45, 7) is 0.760. The summed E-state index contributed by atoms with van der Waals surface area (Å²) in [5.74, 6) is 0.662. The molecule has 3 atom stereocenters. The first kappa shape index (κ1) is 8.91. The standard InChI is InChI=1S/C10H12N2O3/c1-15-3-6-4-2-5-8(7(4)6)11-12-9(5)10(13)14/h4,6-7H,2-3H2,1H3,(H,11,12)(H,13,14)/t4-,6+,7-/m1/s1. The Morgan fingerprint density at radius 3 is 3.20 bits per heavy atom. The Bertz CT molecular complexity index is 426. The van der Waals surface area contributed by atoms with Crippen molar-refractivity contribution in [3.05, 3.63) is 17.0 Å². The molecular weight excluding hydrogens is 196 g/mol. The van der Waals surface area contributed by atoms with E-state index in [1.165, 1.54) is 0 Å². The predicted octanol–water partition coefficient (Wildman–Crippen LogP) is 0.640. The van der Waals surface area contributed by atoms with Gasteiger partial charge in [-0.3, -0.25) is 5.10 Å². The van der Waals surface area contributed by atoms with Crippen molar-refractivity contribution in [2.75, 3.05) is 13.7 Å². The van der Waals surface area contributed by atoms with Gasteiger partial charge in [-0.2, -0.15) is 5.10 Å². The number of methoxy groups -OCH3 is 1. The summed E-state index contributed by atoms with van der Waals surface area (Å²) < 4.78 is 5.12. The number of hydrogen-bond acceptors (Lipinski definition) is 3. The Labute approximate surface area is 86.4 Å². The molecule has 1 aromatic heterocycles. The van der Waals surface area contributed by atoms with Crippen LogP contribution in [0.4, 0.5) is 0 Å². The molecule has 5 heteroatoms. The van der Waals surface area contributed by atoms with Crippen LogP contribution < -0.4 is 0 Å². The summed E-state index contributed by atoms with van der Waals surface area (Å²) in [4.78, 5) is 10.8. The van der Waals surface area contributed by atoms with Gasteiger partial charge in [0.1, 0.15) is 0 Å². The van der Waals surface area contributed by atoms with Gasteiger partial charge in [-0.05, 0) is 18.3 Å². The zero-order chi connectivity index (χ0) is 10.6. The monoisotopic (exact) mass is 208 g/mol. The Morgan fingerprint density at radius 1 is 1.73 bits per heavy atom. The van der Waals surface area contributed by atoms with Crippen molar-refractivity contribution in [2.24, 2.45) is 11.8 Å². The zero-order valence-electron chi connectivity index (χ0n) is 8.36. The Kier molecular flexibility index (Phi) is 1.68. The molecule has 2 N–H and O–H groups in total. The number of carboxylic acid groups (broad SMARTS) is 1. The van der Waals surface area contributed by atoms with Crippen molar-refractivity contribution in [2.45, 2.75) is 12.3 Å². The van der Waals surface area contributed by atoms with E-state index in [9.17, 15) is 4.79 Å². The first-order chi connectivity index (χ1) is 7.24. The number of fused-ring (bicyclic) bond motifs is 3. The van der Waals surface area contributed by atoms with E-state index in [-0.39, 0.29) is 5.69 Å². The van der Waals surface area contributed by atoms with Crippen molar-refractivity contribution < 1.29 is 14.6 Å². The highest BCUT2D eigenvalue weighted by Crippen LogP contribution is 2.61. The number of H-pyrrole nitrogens is 1. The number of ether oxygens (including phenoxy) is 1. The Morgan fingerprint density at radius 2 is 2.53 bits per heavy atom. The molecule has 5 nitrogen and oxygen atoms in total. The van der Waals surface area contributed by atoms with Gasteiger partial charge in [0.15, 0.2) is 5.69 Å². The fourth-order valence-corrected chi connectivity index (χ4v) is 2.84. The molecule has 0 spiro atoms. The van der Waals surface area contributed by atoms with E-state index >= 15 is 0 Å². The number of aromatic amines is 1. The lowest BCUT2D eigenvalue weighted by Crippen LogP contribution is -2.04. The Hall–Kier alpha value is -1.36.